The summed E-state index contributed by atoms with van der Waals surface area (Å²) in [5, 5.41) is 0. The molecule has 8 heavy (non-hydrogen) atoms. The second kappa shape index (κ2) is 2.20. The van der Waals surface area contributed by atoms with E-state index in [2.05, 4.69) is 0 Å². The standard InChI is InChI=1S/C5H11O2P/c6-8(7)4-2-1-3-5-8/h1-5H2,(H,6,7). The zero-order valence-electron chi connectivity index (χ0n) is 4.84. The molecule has 1 aliphatic rings. The summed E-state index contributed by atoms with van der Waals surface area (Å²) in [6.07, 6.45) is 4.17. The Kier molecular flexibility index (Phi) is 1.74. The van der Waals surface area contributed by atoms with Gasteiger partial charge in [-0.05, 0) is 12.8 Å². The molecule has 0 saturated carbocycles. The molecule has 2 nitrogen and oxygen atoms in total. The van der Waals surface area contributed by atoms with Crippen LogP contribution in [0.15, 0.2) is 0 Å². The van der Waals surface area contributed by atoms with Crippen LogP contribution in [0.2, 0.25) is 0 Å². The van der Waals surface area contributed by atoms with E-state index in [-0.39, 0.29) is 0 Å². The smallest absolute Gasteiger partial charge is 0.200 e. The van der Waals surface area contributed by atoms with Crippen LogP contribution in [0.25, 0.3) is 0 Å². The van der Waals surface area contributed by atoms with E-state index in [4.69, 9.17) is 4.89 Å². The first-order valence-electron chi connectivity index (χ1n) is 3.02. The zero-order chi connectivity index (χ0) is 6.04. The van der Waals surface area contributed by atoms with E-state index in [1.165, 1.54) is 0 Å². The van der Waals surface area contributed by atoms with Crippen LogP contribution in [0.3, 0.4) is 0 Å². The van der Waals surface area contributed by atoms with Crippen molar-refractivity contribution in [1.82, 2.24) is 0 Å². The van der Waals surface area contributed by atoms with Gasteiger partial charge in [0.15, 0.2) is 0 Å². The maximum atomic E-state index is 10.8. The molecule has 3 heteroatoms. The summed E-state index contributed by atoms with van der Waals surface area (Å²) < 4.78 is 10.8. The lowest BCUT2D eigenvalue weighted by atomic mass is 10.3. The van der Waals surface area contributed by atoms with Crippen molar-refractivity contribution in [3.8, 4) is 0 Å². The average molecular weight is 134 g/mol. The Hall–Kier alpha value is 0.190. The minimum atomic E-state index is -2.59. The molecule has 48 valence electrons. The SMILES string of the molecule is O=P1(O)CCCCC1. The lowest BCUT2D eigenvalue weighted by Gasteiger charge is -2.15. The Bertz CT molecular complexity index is 112. The molecule has 1 saturated heterocycles. The van der Waals surface area contributed by atoms with Gasteiger partial charge in [-0.1, -0.05) is 6.42 Å². The van der Waals surface area contributed by atoms with Crippen LogP contribution >= 0.6 is 7.37 Å². The number of rotatable bonds is 0. The van der Waals surface area contributed by atoms with Gasteiger partial charge in [-0.25, -0.2) is 0 Å². The van der Waals surface area contributed by atoms with E-state index >= 15 is 0 Å². The minimum Gasteiger partial charge on any atom is -0.344 e. The van der Waals surface area contributed by atoms with Crippen LogP contribution in [0.5, 0.6) is 0 Å². The summed E-state index contributed by atoms with van der Waals surface area (Å²) in [5.41, 5.74) is 0. The first kappa shape index (κ1) is 6.31. The van der Waals surface area contributed by atoms with Gasteiger partial charge in [-0.3, -0.25) is 4.57 Å². The van der Waals surface area contributed by atoms with E-state index in [0.29, 0.717) is 12.3 Å². The van der Waals surface area contributed by atoms with Gasteiger partial charge < -0.3 is 4.89 Å². The molecule has 1 fully saturated rings. The van der Waals surface area contributed by atoms with Gasteiger partial charge in [0.2, 0.25) is 7.37 Å². The highest BCUT2D eigenvalue weighted by atomic mass is 31.2. The summed E-state index contributed by atoms with van der Waals surface area (Å²) in [6, 6.07) is 0. The van der Waals surface area contributed by atoms with Crippen molar-refractivity contribution in [2.24, 2.45) is 0 Å². The van der Waals surface area contributed by atoms with Gasteiger partial charge >= 0.3 is 0 Å². The third kappa shape index (κ3) is 1.61. The van der Waals surface area contributed by atoms with Crippen molar-refractivity contribution in [3.63, 3.8) is 0 Å². The Morgan fingerprint density at radius 1 is 1.12 bits per heavy atom. The first-order valence-corrected chi connectivity index (χ1v) is 5.05. The molecule has 0 atom stereocenters. The summed E-state index contributed by atoms with van der Waals surface area (Å²) in [4.78, 5) is 8.93. The molecule has 0 unspecified atom stereocenters. The quantitative estimate of drug-likeness (QED) is 0.509. The number of hydrogen-bond donors (Lipinski definition) is 1. The monoisotopic (exact) mass is 134 g/mol. The fraction of sp³-hybridized carbons (Fsp3) is 1.00. The van der Waals surface area contributed by atoms with Crippen molar-refractivity contribution < 1.29 is 9.46 Å². The summed E-state index contributed by atoms with van der Waals surface area (Å²) >= 11 is 0. The van der Waals surface area contributed by atoms with Gasteiger partial charge in [0, 0.05) is 12.3 Å². The van der Waals surface area contributed by atoms with Gasteiger partial charge in [-0.2, -0.15) is 0 Å². The van der Waals surface area contributed by atoms with Crippen LogP contribution in [-0.2, 0) is 4.57 Å². The van der Waals surface area contributed by atoms with Gasteiger partial charge in [-0.15, -0.1) is 0 Å². The predicted octanol–water partition coefficient (Wildman–Crippen LogP) is 1.44. The van der Waals surface area contributed by atoms with Crippen molar-refractivity contribution in [2.45, 2.75) is 19.3 Å². The fourth-order valence-corrected chi connectivity index (χ4v) is 2.67. The molecule has 1 aliphatic heterocycles. The highest BCUT2D eigenvalue weighted by molar-refractivity contribution is 7.58. The molecule has 0 aromatic carbocycles. The molecular weight excluding hydrogens is 123 g/mol. The molecule has 0 radical (unpaired) electrons. The number of hydrogen-bond acceptors (Lipinski definition) is 1. The van der Waals surface area contributed by atoms with E-state index in [0.717, 1.165) is 19.3 Å². The zero-order valence-corrected chi connectivity index (χ0v) is 5.73. The van der Waals surface area contributed by atoms with Crippen LogP contribution in [0.4, 0.5) is 0 Å². The molecule has 1 heterocycles. The van der Waals surface area contributed by atoms with Crippen LogP contribution in [0.1, 0.15) is 19.3 Å². The average Bonchev–Trinajstić information content (AvgIpc) is 1.65. The molecule has 1 N–H and O–H groups in total. The fourth-order valence-electron chi connectivity index (χ4n) is 1.01. The molecule has 0 bridgehead atoms. The normalized spacial score (nSPS) is 27.6. The third-order valence-corrected chi connectivity index (χ3v) is 3.55. The van der Waals surface area contributed by atoms with Crippen LogP contribution < -0.4 is 0 Å². The maximum Gasteiger partial charge on any atom is 0.200 e. The second-order valence-electron chi connectivity index (χ2n) is 2.35. The molecule has 1 rings (SSSR count). The summed E-state index contributed by atoms with van der Waals surface area (Å²) in [6.45, 7) is 0. The van der Waals surface area contributed by atoms with Crippen molar-refractivity contribution >= 4 is 7.37 Å². The van der Waals surface area contributed by atoms with Gasteiger partial charge in [0.05, 0.1) is 0 Å². The maximum absolute atomic E-state index is 10.8. The van der Waals surface area contributed by atoms with Gasteiger partial charge in [0.25, 0.3) is 0 Å². The van der Waals surface area contributed by atoms with E-state index < -0.39 is 7.37 Å². The van der Waals surface area contributed by atoms with Crippen molar-refractivity contribution in [2.75, 3.05) is 12.3 Å². The molecule has 0 aromatic heterocycles. The Morgan fingerprint density at radius 3 is 1.88 bits per heavy atom. The van der Waals surface area contributed by atoms with E-state index in [9.17, 15) is 4.57 Å². The first-order chi connectivity index (χ1) is 3.71. The van der Waals surface area contributed by atoms with Crippen LogP contribution in [0, 0.1) is 0 Å². The molecule has 0 spiro atoms. The topological polar surface area (TPSA) is 37.3 Å². The van der Waals surface area contributed by atoms with Crippen LogP contribution in [-0.4, -0.2) is 17.2 Å². The summed E-state index contributed by atoms with van der Waals surface area (Å²) in [5.74, 6) is 0. The Labute approximate surface area is 49.4 Å². The second-order valence-corrected chi connectivity index (χ2v) is 4.94. The van der Waals surface area contributed by atoms with E-state index in [1.54, 1.807) is 0 Å². The predicted molar refractivity (Wildman–Crippen MR) is 33.4 cm³/mol. The highest BCUT2D eigenvalue weighted by Crippen LogP contribution is 2.45. The Morgan fingerprint density at radius 2 is 1.62 bits per heavy atom. The van der Waals surface area contributed by atoms with Crippen molar-refractivity contribution in [1.29, 1.82) is 0 Å². The van der Waals surface area contributed by atoms with E-state index in [1.807, 2.05) is 0 Å². The lowest BCUT2D eigenvalue weighted by Crippen LogP contribution is -2.01. The minimum absolute atomic E-state index is 0.562. The van der Waals surface area contributed by atoms with Gasteiger partial charge in [0.1, 0.15) is 0 Å². The Balaban J connectivity index is 2.45. The molecule has 0 aromatic rings. The third-order valence-electron chi connectivity index (χ3n) is 1.52. The largest absolute Gasteiger partial charge is 0.344 e. The molecule has 0 amide bonds. The summed E-state index contributed by atoms with van der Waals surface area (Å²) in [7, 11) is -2.59. The van der Waals surface area contributed by atoms with Crippen molar-refractivity contribution in [3.05, 3.63) is 0 Å². The molecular formula is C5H11O2P. The molecule has 0 aliphatic carbocycles. The lowest BCUT2D eigenvalue weighted by molar-refractivity contribution is 0.463. The highest BCUT2D eigenvalue weighted by Gasteiger charge is 2.20.